The second-order valence-corrected chi connectivity index (χ2v) is 7.47. The number of allylic oxidation sites excluding steroid dienone is 1. The van der Waals surface area contributed by atoms with Gasteiger partial charge in [0.15, 0.2) is 10.9 Å². The first-order valence-electron chi connectivity index (χ1n) is 8.31. The van der Waals surface area contributed by atoms with Crippen molar-refractivity contribution >= 4 is 46.3 Å². The topological polar surface area (TPSA) is 50.4 Å². The highest BCUT2D eigenvalue weighted by Crippen LogP contribution is 2.29. The summed E-state index contributed by atoms with van der Waals surface area (Å²) in [5, 5.41) is 7.81. The molecule has 2 aromatic rings. The summed E-state index contributed by atoms with van der Waals surface area (Å²) in [5.74, 6) is 0.698. The van der Waals surface area contributed by atoms with Crippen LogP contribution in [0.25, 0.3) is 0 Å². The van der Waals surface area contributed by atoms with E-state index in [0.717, 1.165) is 16.8 Å². The highest BCUT2D eigenvalue weighted by Gasteiger charge is 2.27. The number of benzene rings is 2. The molecule has 1 atom stereocenters. The van der Waals surface area contributed by atoms with Gasteiger partial charge in [0.2, 0.25) is 0 Å². The van der Waals surface area contributed by atoms with Gasteiger partial charge in [-0.05, 0) is 55.9 Å². The van der Waals surface area contributed by atoms with Crippen LogP contribution in [0.15, 0.2) is 53.7 Å². The van der Waals surface area contributed by atoms with Gasteiger partial charge in [-0.3, -0.25) is 4.79 Å². The van der Waals surface area contributed by atoms with Crippen LogP contribution >= 0.6 is 35.4 Å². The molecule has 140 valence electrons. The number of ketones is 1. The first kappa shape index (κ1) is 19.7. The largest absolute Gasteiger partial charge is 0.489 e. The molecular formula is C20H18Cl2N2O2S. The summed E-state index contributed by atoms with van der Waals surface area (Å²) in [6, 6.07) is 12.6. The molecule has 27 heavy (non-hydrogen) atoms. The highest BCUT2D eigenvalue weighted by atomic mass is 35.5. The van der Waals surface area contributed by atoms with Crippen molar-refractivity contribution in [3.8, 4) is 5.75 Å². The molecule has 0 aliphatic carbocycles. The Morgan fingerprint density at radius 3 is 2.52 bits per heavy atom. The maximum Gasteiger partial charge on any atom is 0.171 e. The van der Waals surface area contributed by atoms with Crippen molar-refractivity contribution in [2.45, 2.75) is 26.5 Å². The smallest absolute Gasteiger partial charge is 0.171 e. The lowest BCUT2D eigenvalue weighted by molar-refractivity contribution is -0.114. The fourth-order valence-electron chi connectivity index (χ4n) is 2.97. The van der Waals surface area contributed by atoms with E-state index in [9.17, 15) is 4.79 Å². The molecule has 0 bridgehead atoms. The Morgan fingerprint density at radius 2 is 1.89 bits per heavy atom. The summed E-state index contributed by atoms with van der Waals surface area (Å²) < 4.78 is 5.81. The van der Waals surface area contributed by atoms with E-state index in [4.69, 9.17) is 40.2 Å². The molecule has 0 fully saturated rings. The Bertz CT molecular complexity index is 926. The molecule has 0 saturated heterocycles. The number of nitrogens with one attached hydrogen (secondary N) is 2. The third kappa shape index (κ3) is 4.61. The summed E-state index contributed by atoms with van der Waals surface area (Å²) in [6.07, 6.45) is 0. The normalized spacial score (nSPS) is 16.6. The van der Waals surface area contributed by atoms with Crippen LogP contribution in [0.5, 0.6) is 5.75 Å². The number of Topliss-reactive ketones (excluding diaryl/α,β-unsaturated/α-hetero) is 1. The highest BCUT2D eigenvalue weighted by molar-refractivity contribution is 7.80. The van der Waals surface area contributed by atoms with E-state index in [-0.39, 0.29) is 11.8 Å². The Morgan fingerprint density at radius 1 is 1.19 bits per heavy atom. The van der Waals surface area contributed by atoms with Crippen LogP contribution in [0.3, 0.4) is 0 Å². The molecule has 7 heteroatoms. The van der Waals surface area contributed by atoms with Gasteiger partial charge in [-0.25, -0.2) is 0 Å². The van der Waals surface area contributed by atoms with Gasteiger partial charge in [-0.2, -0.15) is 0 Å². The molecule has 1 aliphatic rings. The van der Waals surface area contributed by atoms with Crippen molar-refractivity contribution in [3.05, 3.63) is 74.9 Å². The van der Waals surface area contributed by atoms with E-state index in [1.165, 1.54) is 0 Å². The van der Waals surface area contributed by atoms with Gasteiger partial charge in [-0.15, -0.1) is 0 Å². The first-order chi connectivity index (χ1) is 12.8. The number of carbonyl (C=O) groups excluding carboxylic acids is 1. The number of hydrogen-bond donors (Lipinski definition) is 2. The van der Waals surface area contributed by atoms with E-state index in [1.54, 1.807) is 19.1 Å². The lowest BCUT2D eigenvalue weighted by atomic mass is 9.93. The van der Waals surface area contributed by atoms with Crippen LogP contribution in [-0.4, -0.2) is 10.9 Å². The third-order valence-electron chi connectivity index (χ3n) is 4.27. The summed E-state index contributed by atoms with van der Waals surface area (Å²) in [7, 11) is 0. The van der Waals surface area contributed by atoms with Crippen LogP contribution in [-0.2, 0) is 11.4 Å². The molecule has 2 aromatic carbocycles. The molecular weight excluding hydrogens is 403 g/mol. The van der Waals surface area contributed by atoms with Crippen molar-refractivity contribution in [1.82, 2.24) is 10.6 Å². The van der Waals surface area contributed by atoms with Crippen LogP contribution in [0.4, 0.5) is 0 Å². The maximum absolute atomic E-state index is 12.1. The number of carbonyl (C=O) groups is 1. The Hall–Kier alpha value is -2.08. The molecule has 2 N–H and O–H groups in total. The monoisotopic (exact) mass is 420 g/mol. The van der Waals surface area contributed by atoms with Crippen LogP contribution < -0.4 is 15.4 Å². The lowest BCUT2D eigenvalue weighted by Gasteiger charge is -2.29. The summed E-state index contributed by atoms with van der Waals surface area (Å²) >= 11 is 17.3. The zero-order valence-electron chi connectivity index (χ0n) is 14.8. The number of hydrogen-bond acceptors (Lipinski definition) is 3. The van der Waals surface area contributed by atoms with Crippen LogP contribution in [0.1, 0.15) is 31.0 Å². The summed E-state index contributed by atoms with van der Waals surface area (Å²) in [6.45, 7) is 3.74. The molecule has 0 saturated carbocycles. The Labute approximate surface area is 173 Å². The standard InChI is InChI=1S/C20H18Cl2N2O2S/c1-11-18(12(2)25)19(24-20(27)23-11)13-4-7-16(8-5-13)26-10-14-3-6-15(21)9-17(14)22/h3-9,19H,10H2,1-2H3,(H2,23,24,27). The average molecular weight is 421 g/mol. The molecule has 0 radical (unpaired) electrons. The van der Waals surface area contributed by atoms with E-state index >= 15 is 0 Å². The van der Waals surface area contributed by atoms with Gasteiger partial charge >= 0.3 is 0 Å². The fraction of sp³-hybridized carbons (Fsp3) is 0.200. The van der Waals surface area contributed by atoms with E-state index in [1.807, 2.05) is 37.3 Å². The minimum absolute atomic E-state index is 0.00212. The number of rotatable bonds is 5. The van der Waals surface area contributed by atoms with Crippen molar-refractivity contribution < 1.29 is 9.53 Å². The molecule has 4 nitrogen and oxygen atoms in total. The number of ether oxygens (including phenoxy) is 1. The van der Waals surface area contributed by atoms with Crippen LogP contribution in [0.2, 0.25) is 10.0 Å². The van der Waals surface area contributed by atoms with Gasteiger partial charge in [0, 0.05) is 26.9 Å². The van der Waals surface area contributed by atoms with E-state index in [0.29, 0.717) is 33.1 Å². The second-order valence-electron chi connectivity index (χ2n) is 6.22. The molecule has 1 unspecified atom stereocenters. The third-order valence-corrected chi connectivity index (χ3v) is 5.08. The lowest BCUT2D eigenvalue weighted by Crippen LogP contribution is -2.44. The zero-order chi connectivity index (χ0) is 19.6. The van der Waals surface area contributed by atoms with Crippen molar-refractivity contribution in [1.29, 1.82) is 0 Å². The molecule has 0 aromatic heterocycles. The van der Waals surface area contributed by atoms with Crippen LogP contribution in [0, 0.1) is 0 Å². The van der Waals surface area contributed by atoms with Crippen molar-refractivity contribution in [3.63, 3.8) is 0 Å². The molecule has 1 heterocycles. The predicted octanol–water partition coefficient (Wildman–Crippen LogP) is 4.95. The quantitative estimate of drug-likeness (QED) is 0.669. The summed E-state index contributed by atoms with van der Waals surface area (Å²) in [5.41, 5.74) is 3.23. The predicted molar refractivity (Wildman–Crippen MR) is 112 cm³/mol. The van der Waals surface area contributed by atoms with Crippen molar-refractivity contribution in [2.24, 2.45) is 0 Å². The zero-order valence-corrected chi connectivity index (χ0v) is 17.1. The molecule has 3 rings (SSSR count). The maximum atomic E-state index is 12.1. The van der Waals surface area contributed by atoms with Gasteiger partial charge in [0.1, 0.15) is 12.4 Å². The minimum Gasteiger partial charge on any atom is -0.489 e. The van der Waals surface area contributed by atoms with Crippen molar-refractivity contribution in [2.75, 3.05) is 0 Å². The van der Waals surface area contributed by atoms with E-state index in [2.05, 4.69) is 10.6 Å². The number of halogens is 2. The number of thiocarbonyl (C=S) groups is 1. The minimum atomic E-state index is -0.281. The molecule has 0 spiro atoms. The van der Waals surface area contributed by atoms with Gasteiger partial charge < -0.3 is 15.4 Å². The van der Waals surface area contributed by atoms with Gasteiger partial charge in [0.25, 0.3) is 0 Å². The van der Waals surface area contributed by atoms with Gasteiger partial charge in [-0.1, -0.05) is 41.4 Å². The van der Waals surface area contributed by atoms with E-state index < -0.39 is 0 Å². The average Bonchev–Trinajstić information content (AvgIpc) is 2.60. The Kier molecular flexibility index (Phi) is 6.05. The summed E-state index contributed by atoms with van der Waals surface area (Å²) in [4.78, 5) is 12.1. The molecule has 1 aliphatic heterocycles. The Balaban J connectivity index is 1.75. The second kappa shape index (κ2) is 8.30. The van der Waals surface area contributed by atoms with Gasteiger partial charge in [0.05, 0.1) is 6.04 Å². The fourth-order valence-corrected chi connectivity index (χ4v) is 3.70. The molecule has 0 amide bonds. The first-order valence-corrected chi connectivity index (χ1v) is 9.47. The SMILES string of the molecule is CC(=O)C1=C(C)NC(=S)NC1c1ccc(OCc2ccc(Cl)cc2Cl)cc1.